The van der Waals surface area contributed by atoms with Crippen molar-refractivity contribution in [3.05, 3.63) is 93.5 Å². The van der Waals surface area contributed by atoms with E-state index in [0.717, 1.165) is 12.1 Å². The maximum Gasteiger partial charge on any atom is 0.423 e. The zero-order valence-corrected chi connectivity index (χ0v) is 20.8. The van der Waals surface area contributed by atoms with Crippen LogP contribution in [-0.2, 0) is 10.4 Å². The summed E-state index contributed by atoms with van der Waals surface area (Å²) in [4.78, 5) is 17.7. The van der Waals surface area contributed by atoms with Crippen LogP contribution in [0.1, 0.15) is 33.9 Å². The van der Waals surface area contributed by atoms with E-state index in [0.29, 0.717) is 27.1 Å². The largest absolute Gasteiger partial charge is 0.497 e. The smallest absolute Gasteiger partial charge is 0.423 e. The molecule has 190 valence electrons. The van der Waals surface area contributed by atoms with E-state index in [1.165, 1.54) is 13.2 Å². The number of amides is 1. The standard InChI is InChI=1S/C24H19Cl3F3N3O3/c1-35-20-7-5-14(6-8-20)22(34)32-31-19-4-2-3-15(9-19)21-13-23(24(28,29)30,36-33(21)27)16-10-17(25)12-18(26)11-16/h2-12,21,31H,13H2,1H3,(H,32,34). The number of hydrogen-bond acceptors (Lipinski definition) is 5. The molecular formula is C24H19Cl3F3N3O3. The van der Waals surface area contributed by atoms with E-state index in [9.17, 15) is 18.0 Å². The number of halogens is 6. The van der Waals surface area contributed by atoms with Crippen LogP contribution in [0, 0.1) is 0 Å². The second-order valence-corrected chi connectivity index (χ2v) is 9.21. The van der Waals surface area contributed by atoms with Gasteiger partial charge in [0.05, 0.1) is 18.8 Å². The first kappa shape index (κ1) is 26.4. The molecule has 2 atom stereocenters. The van der Waals surface area contributed by atoms with Crippen molar-refractivity contribution < 1.29 is 27.5 Å². The Morgan fingerprint density at radius 1 is 1.08 bits per heavy atom. The lowest BCUT2D eigenvalue weighted by Crippen LogP contribution is -2.42. The zero-order chi connectivity index (χ0) is 26.1. The molecule has 1 fully saturated rings. The summed E-state index contributed by atoms with van der Waals surface area (Å²) in [5, 5.41) is 0.0705. The van der Waals surface area contributed by atoms with Crippen molar-refractivity contribution in [2.75, 3.05) is 12.5 Å². The van der Waals surface area contributed by atoms with Gasteiger partial charge in [0.25, 0.3) is 5.91 Å². The number of hydrazine groups is 1. The molecule has 0 saturated carbocycles. The van der Waals surface area contributed by atoms with Gasteiger partial charge in [0.1, 0.15) is 5.75 Å². The Hall–Kier alpha value is -2.69. The van der Waals surface area contributed by atoms with Crippen LogP contribution >= 0.6 is 35.0 Å². The molecule has 36 heavy (non-hydrogen) atoms. The Labute approximate surface area is 219 Å². The van der Waals surface area contributed by atoms with E-state index in [4.69, 9.17) is 44.6 Å². The summed E-state index contributed by atoms with van der Waals surface area (Å²) in [5.41, 5.74) is 3.50. The maximum atomic E-state index is 14.4. The first-order valence-electron chi connectivity index (χ1n) is 10.5. The number of rotatable bonds is 6. The number of anilines is 1. The second kappa shape index (κ2) is 10.4. The van der Waals surface area contributed by atoms with Gasteiger partial charge in [-0.1, -0.05) is 39.9 Å². The van der Waals surface area contributed by atoms with Gasteiger partial charge < -0.3 is 4.74 Å². The minimum Gasteiger partial charge on any atom is -0.497 e. The van der Waals surface area contributed by atoms with Crippen LogP contribution in [0.2, 0.25) is 10.0 Å². The Bertz CT molecular complexity index is 1240. The summed E-state index contributed by atoms with van der Waals surface area (Å²) in [7, 11) is 1.52. The van der Waals surface area contributed by atoms with Crippen LogP contribution in [0.5, 0.6) is 5.75 Å². The molecule has 4 rings (SSSR count). The van der Waals surface area contributed by atoms with E-state index < -0.39 is 30.1 Å². The van der Waals surface area contributed by atoms with Gasteiger partial charge >= 0.3 is 6.18 Å². The van der Waals surface area contributed by atoms with E-state index >= 15 is 0 Å². The lowest BCUT2D eigenvalue weighted by atomic mass is 9.86. The number of benzene rings is 3. The van der Waals surface area contributed by atoms with Crippen molar-refractivity contribution in [2.45, 2.75) is 24.2 Å². The molecule has 0 radical (unpaired) electrons. The van der Waals surface area contributed by atoms with Gasteiger partial charge in [0, 0.05) is 33.8 Å². The zero-order valence-electron chi connectivity index (χ0n) is 18.6. The van der Waals surface area contributed by atoms with Gasteiger partial charge in [0.2, 0.25) is 5.60 Å². The topological polar surface area (TPSA) is 62.8 Å². The number of hydroxylamine groups is 1. The quantitative estimate of drug-likeness (QED) is 0.250. The third-order valence-electron chi connectivity index (χ3n) is 5.70. The van der Waals surface area contributed by atoms with Crippen LogP contribution < -0.4 is 15.6 Å². The van der Waals surface area contributed by atoms with Crippen molar-refractivity contribution >= 4 is 46.6 Å². The van der Waals surface area contributed by atoms with Gasteiger partial charge in [-0.05, 0) is 65.7 Å². The van der Waals surface area contributed by atoms with Gasteiger partial charge in [0.15, 0.2) is 0 Å². The molecule has 1 saturated heterocycles. The van der Waals surface area contributed by atoms with Crippen molar-refractivity contribution in [1.82, 2.24) is 10.0 Å². The highest BCUT2D eigenvalue weighted by Gasteiger charge is 2.64. The number of methoxy groups -OCH3 is 1. The SMILES string of the molecule is COc1ccc(C(=O)NNc2cccc(C3CC(c4cc(Cl)cc(Cl)c4)(C(F)(F)F)ON3Cl)c2)cc1. The highest BCUT2D eigenvalue weighted by molar-refractivity contribution is 6.34. The molecule has 1 aliphatic rings. The third kappa shape index (κ3) is 5.35. The van der Waals surface area contributed by atoms with Gasteiger partial charge in [-0.2, -0.15) is 13.2 Å². The first-order chi connectivity index (χ1) is 17.0. The van der Waals surface area contributed by atoms with Crippen molar-refractivity contribution in [1.29, 1.82) is 0 Å². The number of alkyl halides is 3. The molecule has 6 nitrogen and oxygen atoms in total. The minimum atomic E-state index is -4.83. The first-order valence-corrected chi connectivity index (χ1v) is 11.6. The number of ether oxygens (including phenoxy) is 1. The fourth-order valence-corrected chi connectivity index (χ4v) is 4.71. The molecule has 0 aliphatic carbocycles. The molecule has 3 aromatic rings. The molecule has 0 bridgehead atoms. The normalized spacial score (nSPS) is 20.2. The Morgan fingerprint density at radius 3 is 2.36 bits per heavy atom. The summed E-state index contributed by atoms with van der Waals surface area (Å²) in [6.07, 6.45) is -5.39. The molecule has 3 aromatic carbocycles. The summed E-state index contributed by atoms with van der Waals surface area (Å²) in [5.74, 6) is 0.187. The van der Waals surface area contributed by atoms with Crippen LogP contribution in [0.15, 0.2) is 66.7 Å². The second-order valence-electron chi connectivity index (χ2n) is 8.00. The van der Waals surface area contributed by atoms with Crippen molar-refractivity contribution in [2.24, 2.45) is 0 Å². The molecule has 0 spiro atoms. The lowest BCUT2D eigenvalue weighted by molar-refractivity contribution is -0.308. The molecule has 1 heterocycles. The fourth-order valence-electron chi connectivity index (χ4n) is 3.88. The molecule has 12 heteroatoms. The molecule has 2 unspecified atom stereocenters. The number of carbonyl (C=O) groups excluding carboxylic acids is 1. The van der Waals surface area contributed by atoms with Gasteiger partial charge in [-0.25, -0.2) is 0 Å². The number of carbonyl (C=O) groups is 1. The van der Waals surface area contributed by atoms with E-state index in [2.05, 4.69) is 10.9 Å². The predicted octanol–water partition coefficient (Wildman–Crippen LogP) is 7.05. The van der Waals surface area contributed by atoms with Crippen molar-refractivity contribution in [3.63, 3.8) is 0 Å². The summed E-state index contributed by atoms with van der Waals surface area (Å²) in [6, 6.07) is 15.6. The molecule has 1 aliphatic heterocycles. The third-order valence-corrected chi connectivity index (χ3v) is 6.44. The average Bonchev–Trinajstić information content (AvgIpc) is 3.21. The molecular weight excluding hydrogens is 542 g/mol. The van der Waals surface area contributed by atoms with Crippen LogP contribution in [0.4, 0.5) is 18.9 Å². The Balaban J connectivity index is 1.55. The summed E-state index contributed by atoms with van der Waals surface area (Å²) < 4.78 is 48.8. The number of nitrogens with zero attached hydrogens (tertiary/aromatic N) is 1. The van der Waals surface area contributed by atoms with E-state index in [1.807, 2.05) is 0 Å². The minimum absolute atomic E-state index is 0.0353. The number of hydrogen-bond donors (Lipinski definition) is 2. The molecule has 2 N–H and O–H groups in total. The van der Waals surface area contributed by atoms with Crippen LogP contribution in [0.25, 0.3) is 0 Å². The van der Waals surface area contributed by atoms with Crippen LogP contribution in [-0.4, -0.2) is 23.8 Å². The monoisotopic (exact) mass is 559 g/mol. The van der Waals surface area contributed by atoms with E-state index in [1.54, 1.807) is 48.5 Å². The van der Waals surface area contributed by atoms with Gasteiger partial charge in [-0.3, -0.25) is 20.5 Å². The average molecular weight is 561 g/mol. The molecule has 0 aromatic heterocycles. The summed E-state index contributed by atoms with van der Waals surface area (Å²) >= 11 is 18.1. The molecule has 1 amide bonds. The maximum absolute atomic E-state index is 14.4. The van der Waals surface area contributed by atoms with E-state index in [-0.39, 0.29) is 15.6 Å². The van der Waals surface area contributed by atoms with Crippen molar-refractivity contribution in [3.8, 4) is 5.75 Å². The highest BCUT2D eigenvalue weighted by Crippen LogP contribution is 2.56. The van der Waals surface area contributed by atoms with Gasteiger partial charge in [-0.15, -0.1) is 0 Å². The van der Waals surface area contributed by atoms with Crippen LogP contribution in [0.3, 0.4) is 0 Å². The fraction of sp³-hybridized carbons (Fsp3) is 0.208. The predicted molar refractivity (Wildman–Crippen MR) is 131 cm³/mol. The Kier molecular flexibility index (Phi) is 7.59. The number of nitrogens with one attached hydrogen (secondary N) is 2. The summed E-state index contributed by atoms with van der Waals surface area (Å²) in [6.45, 7) is 0. The lowest BCUT2D eigenvalue weighted by Gasteiger charge is -2.30. The Morgan fingerprint density at radius 2 is 1.75 bits per heavy atom. The highest BCUT2D eigenvalue weighted by atomic mass is 35.5.